The van der Waals surface area contributed by atoms with Gasteiger partial charge in [0.05, 0.1) is 5.69 Å². The second-order valence-corrected chi connectivity index (χ2v) is 7.40. The summed E-state index contributed by atoms with van der Waals surface area (Å²) >= 11 is 0. The van der Waals surface area contributed by atoms with Crippen molar-refractivity contribution in [2.45, 2.75) is 25.7 Å². The maximum absolute atomic E-state index is 13.1. The summed E-state index contributed by atoms with van der Waals surface area (Å²) in [6.07, 6.45) is 3.62. The van der Waals surface area contributed by atoms with Crippen molar-refractivity contribution >= 4 is 17.5 Å². The molecule has 6 heteroatoms. The minimum Gasteiger partial charge on any atom is -0.338 e. The summed E-state index contributed by atoms with van der Waals surface area (Å²) in [5, 5.41) is 3.25. The molecule has 1 N–H and O–H groups in total. The van der Waals surface area contributed by atoms with E-state index in [-0.39, 0.29) is 17.6 Å². The highest BCUT2D eigenvalue weighted by Crippen LogP contribution is 2.27. The first-order valence-electron chi connectivity index (χ1n) is 9.80. The third-order valence-corrected chi connectivity index (χ3v) is 5.17. The molecular weight excluding hydrogens is 367 g/mol. The van der Waals surface area contributed by atoms with Crippen molar-refractivity contribution in [1.82, 2.24) is 14.9 Å². The van der Waals surface area contributed by atoms with Crippen molar-refractivity contribution < 1.29 is 9.18 Å². The molecule has 1 aliphatic heterocycles. The smallest absolute Gasteiger partial charge is 0.253 e. The number of nitrogens with one attached hydrogen (secondary N) is 1. The predicted molar refractivity (Wildman–Crippen MR) is 111 cm³/mol. The quantitative estimate of drug-likeness (QED) is 0.702. The number of hydrogen-bond acceptors (Lipinski definition) is 4. The third kappa shape index (κ3) is 4.59. The summed E-state index contributed by atoms with van der Waals surface area (Å²) in [4.78, 5) is 23.6. The van der Waals surface area contributed by atoms with E-state index in [1.54, 1.807) is 6.20 Å². The fourth-order valence-electron chi connectivity index (χ4n) is 3.69. The van der Waals surface area contributed by atoms with E-state index in [0.29, 0.717) is 24.6 Å². The first-order valence-corrected chi connectivity index (χ1v) is 9.80. The summed E-state index contributed by atoms with van der Waals surface area (Å²) in [5.74, 6) is 0.291. The number of piperidine rings is 1. The molecule has 3 aromatic rings. The Morgan fingerprint density at radius 2 is 2.00 bits per heavy atom. The second kappa shape index (κ2) is 8.39. The molecule has 1 aromatic heterocycles. The van der Waals surface area contributed by atoms with Crippen LogP contribution in [0.2, 0.25) is 0 Å². The molecule has 1 atom stereocenters. The van der Waals surface area contributed by atoms with Crippen LogP contribution in [-0.2, 0) is 0 Å². The molecule has 1 amide bonds. The summed E-state index contributed by atoms with van der Waals surface area (Å²) < 4.78 is 13.1. The Bertz CT molecular complexity index is 1010. The van der Waals surface area contributed by atoms with Gasteiger partial charge in [0.15, 0.2) is 0 Å². The fraction of sp³-hybridized carbons (Fsp3) is 0.261. The number of nitrogens with zero attached hydrogens (tertiary/aromatic N) is 3. The molecule has 29 heavy (non-hydrogen) atoms. The van der Waals surface area contributed by atoms with Gasteiger partial charge in [-0.1, -0.05) is 12.1 Å². The molecule has 148 valence electrons. The minimum absolute atomic E-state index is 0.0677. The minimum atomic E-state index is -0.340. The Kier molecular flexibility index (Phi) is 5.51. The number of benzene rings is 2. The Balaban J connectivity index is 1.48. The lowest BCUT2D eigenvalue weighted by atomic mass is 9.94. The molecule has 2 aromatic carbocycles. The summed E-state index contributed by atoms with van der Waals surface area (Å²) in [6.45, 7) is 3.33. The molecule has 1 fully saturated rings. The SMILES string of the molecule is Cc1cccc(Nc2nccc(C3CCCN(C(=O)c4ccc(F)cc4)C3)n2)c1. The van der Waals surface area contributed by atoms with Crippen LogP contribution in [0.5, 0.6) is 0 Å². The van der Waals surface area contributed by atoms with E-state index in [1.165, 1.54) is 24.3 Å². The molecule has 0 spiro atoms. The van der Waals surface area contributed by atoms with Gasteiger partial charge in [-0.25, -0.2) is 14.4 Å². The molecule has 1 unspecified atom stereocenters. The molecule has 2 heterocycles. The van der Waals surface area contributed by atoms with Gasteiger partial charge >= 0.3 is 0 Å². The standard InChI is InChI=1S/C23H23FN4O/c1-16-4-2-6-20(14-16)26-23-25-12-11-21(27-23)18-5-3-13-28(15-18)22(29)17-7-9-19(24)10-8-17/h2,4,6-12,14,18H,3,5,13,15H2,1H3,(H,25,26,27). The van der Waals surface area contributed by atoms with E-state index in [4.69, 9.17) is 0 Å². The van der Waals surface area contributed by atoms with Crippen molar-refractivity contribution in [1.29, 1.82) is 0 Å². The highest BCUT2D eigenvalue weighted by molar-refractivity contribution is 5.94. The van der Waals surface area contributed by atoms with Crippen LogP contribution in [0.25, 0.3) is 0 Å². The second-order valence-electron chi connectivity index (χ2n) is 7.40. The molecule has 0 saturated carbocycles. The first kappa shape index (κ1) is 19.1. The molecule has 0 aliphatic carbocycles. The first-order chi connectivity index (χ1) is 14.1. The van der Waals surface area contributed by atoms with Crippen LogP contribution in [0.3, 0.4) is 0 Å². The Morgan fingerprint density at radius 1 is 1.17 bits per heavy atom. The molecule has 1 saturated heterocycles. The van der Waals surface area contributed by atoms with Crippen LogP contribution in [0.15, 0.2) is 60.8 Å². The monoisotopic (exact) mass is 390 g/mol. The van der Waals surface area contributed by atoms with Gasteiger partial charge in [-0.3, -0.25) is 4.79 Å². The van der Waals surface area contributed by atoms with Crippen LogP contribution in [0.1, 0.15) is 40.4 Å². The number of aromatic nitrogens is 2. The van der Waals surface area contributed by atoms with E-state index in [9.17, 15) is 9.18 Å². The van der Waals surface area contributed by atoms with Crippen LogP contribution < -0.4 is 5.32 Å². The maximum atomic E-state index is 13.1. The lowest BCUT2D eigenvalue weighted by molar-refractivity contribution is 0.0706. The molecule has 5 nitrogen and oxygen atoms in total. The van der Waals surface area contributed by atoms with Gasteiger partial charge in [-0.05, 0) is 67.8 Å². The van der Waals surface area contributed by atoms with Crippen molar-refractivity contribution in [3.05, 3.63) is 83.4 Å². The lowest BCUT2D eigenvalue weighted by Crippen LogP contribution is -2.39. The summed E-state index contributed by atoms with van der Waals surface area (Å²) in [7, 11) is 0. The topological polar surface area (TPSA) is 58.1 Å². The van der Waals surface area contributed by atoms with Crippen molar-refractivity contribution in [3.63, 3.8) is 0 Å². The fourth-order valence-corrected chi connectivity index (χ4v) is 3.69. The van der Waals surface area contributed by atoms with E-state index < -0.39 is 0 Å². The third-order valence-electron chi connectivity index (χ3n) is 5.17. The van der Waals surface area contributed by atoms with E-state index in [0.717, 1.165) is 29.8 Å². The number of likely N-dealkylation sites (tertiary alicyclic amines) is 1. The number of carbonyl (C=O) groups excluding carboxylic acids is 1. The molecule has 0 bridgehead atoms. The van der Waals surface area contributed by atoms with Crippen LogP contribution in [0, 0.1) is 12.7 Å². The van der Waals surface area contributed by atoms with Crippen molar-refractivity contribution in [2.75, 3.05) is 18.4 Å². The van der Waals surface area contributed by atoms with Gasteiger partial charge in [0.2, 0.25) is 5.95 Å². The Morgan fingerprint density at radius 3 is 2.79 bits per heavy atom. The lowest BCUT2D eigenvalue weighted by Gasteiger charge is -2.32. The van der Waals surface area contributed by atoms with Gasteiger partial charge in [0, 0.05) is 36.5 Å². The zero-order valence-electron chi connectivity index (χ0n) is 16.3. The summed E-state index contributed by atoms with van der Waals surface area (Å²) in [5.41, 5.74) is 3.54. The zero-order chi connectivity index (χ0) is 20.2. The van der Waals surface area contributed by atoms with Gasteiger partial charge < -0.3 is 10.2 Å². The van der Waals surface area contributed by atoms with Gasteiger partial charge in [0.25, 0.3) is 5.91 Å². The summed E-state index contributed by atoms with van der Waals surface area (Å²) in [6, 6.07) is 15.7. The van der Waals surface area contributed by atoms with Crippen LogP contribution >= 0.6 is 0 Å². The number of hydrogen-bond donors (Lipinski definition) is 1. The maximum Gasteiger partial charge on any atom is 0.253 e. The number of carbonyl (C=O) groups is 1. The van der Waals surface area contributed by atoms with E-state index in [1.807, 2.05) is 42.2 Å². The van der Waals surface area contributed by atoms with Crippen LogP contribution in [0.4, 0.5) is 16.0 Å². The van der Waals surface area contributed by atoms with Crippen molar-refractivity contribution in [2.24, 2.45) is 0 Å². The molecule has 1 aliphatic rings. The van der Waals surface area contributed by atoms with Gasteiger partial charge in [0.1, 0.15) is 5.82 Å². The predicted octanol–water partition coefficient (Wildman–Crippen LogP) is 4.69. The largest absolute Gasteiger partial charge is 0.338 e. The average molecular weight is 390 g/mol. The number of rotatable bonds is 4. The van der Waals surface area contributed by atoms with Crippen LogP contribution in [-0.4, -0.2) is 33.9 Å². The molecule has 0 radical (unpaired) electrons. The Labute approximate surface area is 169 Å². The zero-order valence-corrected chi connectivity index (χ0v) is 16.3. The average Bonchev–Trinajstić information content (AvgIpc) is 2.74. The van der Waals surface area contributed by atoms with Crippen molar-refractivity contribution in [3.8, 4) is 0 Å². The molecular formula is C23H23FN4O. The van der Waals surface area contributed by atoms with Gasteiger partial charge in [-0.2, -0.15) is 0 Å². The molecule has 4 rings (SSSR count). The number of anilines is 2. The highest BCUT2D eigenvalue weighted by atomic mass is 19.1. The number of halogens is 1. The normalized spacial score (nSPS) is 16.5. The van der Waals surface area contributed by atoms with E-state index >= 15 is 0 Å². The number of amides is 1. The Hall–Kier alpha value is -3.28. The number of aryl methyl sites for hydroxylation is 1. The van der Waals surface area contributed by atoms with Gasteiger partial charge in [-0.15, -0.1) is 0 Å². The highest BCUT2D eigenvalue weighted by Gasteiger charge is 2.26. The van der Waals surface area contributed by atoms with E-state index in [2.05, 4.69) is 15.3 Å².